The molecular weight excluding hydrogens is 1850 g/mol. The van der Waals surface area contributed by atoms with E-state index in [9.17, 15) is 42.3 Å². The number of likely N-dealkylation sites (tertiary alicyclic amines) is 4. The van der Waals surface area contributed by atoms with Crippen molar-refractivity contribution in [2.75, 3.05) is 59.5 Å². The Morgan fingerprint density at radius 2 is 0.897 bits per heavy atom. The Kier molecular flexibility index (Phi) is 26.4. The van der Waals surface area contributed by atoms with Crippen molar-refractivity contribution < 1.29 is 56.5 Å². The zero-order chi connectivity index (χ0) is 101. The quantitative estimate of drug-likeness (QED) is 0.0367. The van der Waals surface area contributed by atoms with Gasteiger partial charge in [-0.3, -0.25) is 24.0 Å². The molecule has 0 spiro atoms. The normalized spacial score (nSPS) is 20.8. The molecule has 8 aliphatic rings. The first-order valence-corrected chi connectivity index (χ1v) is 50.7. The molecule has 16 heterocycles. The minimum absolute atomic E-state index is 0.0141. The van der Waals surface area contributed by atoms with Gasteiger partial charge in [-0.25, -0.2) is 39.3 Å². The van der Waals surface area contributed by atoms with Gasteiger partial charge < -0.3 is 104 Å². The number of aliphatic hydroxyl groups is 1. The molecule has 0 bridgehead atoms. The van der Waals surface area contributed by atoms with E-state index in [1.54, 1.807) is 48.0 Å². The second kappa shape index (κ2) is 39.4. The van der Waals surface area contributed by atoms with Crippen LogP contribution in [-0.4, -0.2) is 239 Å². The van der Waals surface area contributed by atoms with Crippen LogP contribution in [0.3, 0.4) is 0 Å². The van der Waals surface area contributed by atoms with Gasteiger partial charge in [0.2, 0.25) is 5.88 Å². The van der Waals surface area contributed by atoms with Gasteiger partial charge >= 0.3 is 6.61 Å². The van der Waals surface area contributed by atoms with E-state index in [-0.39, 0.29) is 78.3 Å². The number of hydrogen-bond acceptors (Lipinski definition) is 21. The Hall–Kier alpha value is -14.1. The van der Waals surface area contributed by atoms with Gasteiger partial charge in [-0.15, -0.1) is 0 Å². The molecule has 4 aliphatic carbocycles. The average Bonchev–Trinajstić information content (AvgIpc) is 1.62. The predicted octanol–water partition coefficient (Wildman–Crippen LogP) is 14.4. The summed E-state index contributed by atoms with van der Waals surface area (Å²) in [4.78, 5) is 111. The Morgan fingerprint density at radius 3 is 1.39 bits per heavy atom. The molecule has 4 saturated carbocycles. The molecule has 16 aromatic rings. The number of benzene rings is 4. The third-order valence-corrected chi connectivity index (χ3v) is 30.0. The van der Waals surface area contributed by atoms with Crippen molar-refractivity contribution in [3.8, 4) is 63.5 Å². The summed E-state index contributed by atoms with van der Waals surface area (Å²) in [6, 6.07) is 39.5. The number of hydrogen-bond donors (Lipinski definition) is 6. The number of imidazole rings is 4. The van der Waals surface area contributed by atoms with E-state index < -0.39 is 36.2 Å². The maximum absolute atomic E-state index is 14.1. The summed E-state index contributed by atoms with van der Waals surface area (Å²) in [7, 11) is 9.19. The Labute approximate surface area is 835 Å². The molecule has 4 saturated heterocycles. The molecule has 24 rings (SSSR count). The van der Waals surface area contributed by atoms with Crippen LogP contribution in [0.1, 0.15) is 169 Å². The summed E-state index contributed by atoms with van der Waals surface area (Å²) in [6.45, 7) is 9.82. The monoisotopic (exact) mass is 1970 g/mol. The molecule has 12 aromatic heterocycles. The number of halogens is 3. The number of carbonyl (C=O) groups is 5. The SMILES string of the molecule is CCOc1cc(C(=O)N2CC(N)CCC2C)cc2nc(-c3cc4cccnc4n3CC3CC3)n(C)c12.COc1ccc2cc(-c3nc4cc(C(=O)N5C[C@H](N)C[C@@H](F)C5)cc(OC(F)F)c4n3C)n(CC3CC3)c2n1.Cn1c(-c2cc3cccnc3n2CC2CC(C)(O)C2)nc2cc(C(=O)N3CCC[C@@H](N)C3)ccc21.Cn1c(-c2cc3cccnc3n2CC2CC2)nc2cc(C(=O)N3CCC[C@@H](N)C3)cc(C(N)=O)c21. The summed E-state index contributed by atoms with van der Waals surface area (Å²) in [5.41, 5.74) is 44.1. The molecule has 11 N–H and O–H groups in total. The van der Waals surface area contributed by atoms with Crippen molar-refractivity contribution in [1.82, 2.24) is 96.0 Å². The van der Waals surface area contributed by atoms with Crippen molar-refractivity contribution in [3.63, 3.8) is 0 Å². The number of piperidine rings is 4. The first-order chi connectivity index (χ1) is 69.8. The highest BCUT2D eigenvalue weighted by atomic mass is 19.3. The van der Waals surface area contributed by atoms with Crippen LogP contribution in [-0.2, 0) is 54.4 Å². The summed E-state index contributed by atoms with van der Waals surface area (Å²) in [5, 5.41) is 14.4. The number of alkyl halides is 3. The third kappa shape index (κ3) is 19.5. The predicted molar refractivity (Wildman–Crippen MR) is 549 cm³/mol. The van der Waals surface area contributed by atoms with Crippen LogP contribution in [0, 0.1) is 23.7 Å². The number of rotatable bonds is 22. The highest BCUT2D eigenvalue weighted by Gasteiger charge is 2.41. The Bertz CT molecular complexity index is 7700. The van der Waals surface area contributed by atoms with Crippen molar-refractivity contribution >= 4 is 118 Å². The number of amides is 5. The molecule has 6 atom stereocenters. The molecule has 0 radical (unpaired) electrons. The lowest BCUT2D eigenvalue weighted by atomic mass is 9.72. The Balaban J connectivity index is 0.000000114. The topological polar surface area (TPSA) is 419 Å². The van der Waals surface area contributed by atoms with Gasteiger partial charge in [0, 0.05) is 192 Å². The van der Waals surface area contributed by atoms with E-state index in [1.807, 2.05) is 128 Å². The molecule has 145 heavy (non-hydrogen) atoms. The lowest BCUT2D eigenvalue weighted by Gasteiger charge is -2.41. The highest BCUT2D eigenvalue weighted by molar-refractivity contribution is 6.10. The smallest absolute Gasteiger partial charge is 0.387 e. The van der Waals surface area contributed by atoms with Gasteiger partial charge in [-0.1, -0.05) is 0 Å². The number of primary amides is 1. The lowest BCUT2D eigenvalue weighted by Crippen LogP contribution is -2.50. The second-order valence-electron chi connectivity index (χ2n) is 41.4. The number of aryl methyl sites for hydroxylation is 4. The standard InChI is InChI=1S/C28H34N6O2.C27H29F3N6O3.C27H32N6O2.C26H29N7O2/c1-4-36-24-14-20(28(35)33-16-21(29)10-7-17(33)2)12-22-25(24)32(3)27(31-22)23-13-19-6-5-11-30-26(19)34(23)15-18-8-9-18;1-34-23-19(7-16(9-21(23)39-27(29)30)26(37)35-12-17(28)10-18(31)13-35)32-25(34)20-8-15-5-6-22(38-2)33-24(15)36(20)11-14-3-4-14;1-27(35)13-17(14-27)15-33-23(12-18-5-3-9-29-24(18)33)25-30-21-11-19(7-8-22(21)31(25)2)26(34)32-10-4-6-20(28)16-32;1-31-22-19(23(28)34)10-17(26(35)32-9-3-5-18(27)14-32)11-20(22)30-25(31)21-12-16-4-2-8-29-24(16)33(21)13-15-6-7-15/h5-6,11-14,17-18,21H,4,7-10,15-16,29H2,1-3H3;5-9,14,17-18,27H,3-4,10-13,31H2,1-2H3;3,5,7-9,11-12,17,20,35H,4,6,10,13-16,28H2,1-2H3;2,4,8,10-12,15,18H,3,5-7,9,13-14,27H2,1H3,(H2,28,34)/t;17-,18-;17?,20-,27?;18-/m.111/s1. The van der Waals surface area contributed by atoms with Gasteiger partial charge in [-0.05, 0) is 262 Å². The number of fused-ring (bicyclic) bond motifs is 8. The zero-order valence-electron chi connectivity index (χ0n) is 83.0. The molecule has 34 nitrogen and oxygen atoms in total. The van der Waals surface area contributed by atoms with Crippen LogP contribution in [0.25, 0.3) is 134 Å². The first-order valence-electron chi connectivity index (χ1n) is 50.7. The Morgan fingerprint density at radius 1 is 0.462 bits per heavy atom. The van der Waals surface area contributed by atoms with Gasteiger partial charge in [0.25, 0.3) is 29.5 Å². The fraction of sp³-hybridized carbons (Fsp3) is 0.435. The van der Waals surface area contributed by atoms with Crippen molar-refractivity contribution in [1.29, 1.82) is 0 Å². The van der Waals surface area contributed by atoms with Crippen molar-refractivity contribution in [3.05, 3.63) is 174 Å². The van der Waals surface area contributed by atoms with Crippen LogP contribution in [0.5, 0.6) is 17.4 Å². The van der Waals surface area contributed by atoms with E-state index in [1.165, 1.54) is 42.7 Å². The number of pyridine rings is 4. The first kappa shape index (κ1) is 97.0. The number of nitrogens with two attached hydrogens (primary N) is 5. The highest BCUT2D eigenvalue weighted by Crippen LogP contribution is 2.46. The van der Waals surface area contributed by atoms with E-state index in [2.05, 4.69) is 84.6 Å². The van der Waals surface area contributed by atoms with Crippen LogP contribution >= 0.6 is 0 Å². The molecule has 756 valence electrons. The second-order valence-corrected chi connectivity index (χ2v) is 41.4. The van der Waals surface area contributed by atoms with Crippen LogP contribution < -0.4 is 42.9 Å². The number of carbonyl (C=O) groups excluding carboxylic acids is 5. The van der Waals surface area contributed by atoms with Crippen LogP contribution in [0.4, 0.5) is 13.2 Å². The third-order valence-electron chi connectivity index (χ3n) is 30.0. The number of methoxy groups -OCH3 is 1. The molecule has 2 unspecified atom stereocenters. The van der Waals surface area contributed by atoms with Crippen LogP contribution in [0.15, 0.2) is 146 Å². The molecular formula is C108H124F3N25O9. The number of aromatic nitrogens is 16. The number of nitrogens with zero attached hydrogens (tertiary/aromatic N) is 20. The van der Waals surface area contributed by atoms with Crippen LogP contribution in [0.2, 0.25) is 0 Å². The van der Waals surface area contributed by atoms with Crippen molar-refractivity contribution in [2.45, 2.75) is 192 Å². The zero-order valence-corrected chi connectivity index (χ0v) is 83.0. The van der Waals surface area contributed by atoms with Crippen molar-refractivity contribution in [2.24, 2.45) is 80.5 Å². The minimum atomic E-state index is -3.12. The summed E-state index contributed by atoms with van der Waals surface area (Å²) >= 11 is 0. The van der Waals surface area contributed by atoms with Gasteiger partial charge in [0.1, 0.15) is 45.5 Å². The lowest BCUT2D eigenvalue weighted by molar-refractivity contribution is -0.0614. The largest absolute Gasteiger partial charge is 0.492 e. The van der Waals surface area contributed by atoms with Gasteiger partial charge in [0.05, 0.1) is 87.3 Å². The molecule has 4 aliphatic heterocycles. The van der Waals surface area contributed by atoms with E-state index >= 15 is 0 Å². The molecule has 37 heteroatoms. The van der Waals surface area contributed by atoms with Gasteiger partial charge in [-0.2, -0.15) is 13.8 Å². The molecule has 4 aromatic carbocycles. The van der Waals surface area contributed by atoms with E-state index in [0.29, 0.717) is 118 Å². The fourth-order valence-electron chi connectivity index (χ4n) is 22.2. The van der Waals surface area contributed by atoms with E-state index in [4.69, 9.17) is 62.8 Å². The van der Waals surface area contributed by atoms with Gasteiger partial charge in [0.15, 0.2) is 29.0 Å². The van der Waals surface area contributed by atoms with E-state index in [0.717, 1.165) is 198 Å². The summed E-state index contributed by atoms with van der Waals surface area (Å²) < 4.78 is 74.0. The molecule has 8 fully saturated rings. The maximum Gasteiger partial charge on any atom is 0.387 e. The summed E-state index contributed by atoms with van der Waals surface area (Å²) in [5.74, 6) is 4.89. The maximum atomic E-state index is 14.1. The minimum Gasteiger partial charge on any atom is -0.492 e. The fourth-order valence-corrected chi connectivity index (χ4v) is 22.2. The number of ether oxygens (including phenoxy) is 3. The molecule has 5 amide bonds. The average molecular weight is 1970 g/mol. The summed E-state index contributed by atoms with van der Waals surface area (Å²) in [6.07, 6.45) is 18.7.